The van der Waals surface area contributed by atoms with Crippen LogP contribution in [-0.2, 0) is 32.0 Å². The van der Waals surface area contributed by atoms with Crippen LogP contribution in [0.5, 0.6) is 0 Å². The van der Waals surface area contributed by atoms with Crippen molar-refractivity contribution < 1.29 is 24.0 Å². The molecule has 9 nitrogen and oxygen atoms in total. The van der Waals surface area contributed by atoms with Crippen LogP contribution in [-0.4, -0.2) is 41.9 Å². The third-order valence-electron chi connectivity index (χ3n) is 4.37. The van der Waals surface area contributed by atoms with E-state index in [0.29, 0.717) is 5.56 Å². The number of esters is 1. The van der Waals surface area contributed by atoms with Crippen molar-refractivity contribution in [1.29, 1.82) is 0 Å². The van der Waals surface area contributed by atoms with Crippen LogP contribution in [0.4, 0.5) is 5.69 Å². The Balaban J connectivity index is 2.15. The number of hydrogen-bond donors (Lipinski definition) is 2. The molecule has 2 aromatic rings. The first-order valence-electron chi connectivity index (χ1n) is 9.22. The maximum Gasteiger partial charge on any atom is 0.328 e. The molecule has 0 saturated carbocycles. The molecule has 0 fully saturated rings. The number of nitrogens with zero attached hydrogens (tertiary/aromatic N) is 1. The van der Waals surface area contributed by atoms with Gasteiger partial charge in [0.1, 0.15) is 12.1 Å². The first-order valence-corrected chi connectivity index (χ1v) is 9.22. The van der Waals surface area contributed by atoms with Gasteiger partial charge in [-0.3, -0.25) is 19.7 Å². The van der Waals surface area contributed by atoms with Crippen LogP contribution in [0, 0.1) is 10.1 Å². The highest BCUT2D eigenvalue weighted by Crippen LogP contribution is 2.14. The Morgan fingerprint density at radius 1 is 0.933 bits per heavy atom. The third-order valence-corrected chi connectivity index (χ3v) is 4.37. The van der Waals surface area contributed by atoms with Crippen molar-refractivity contribution in [2.75, 3.05) is 7.11 Å². The number of non-ortho nitro benzene ring substituents is 1. The molecular formula is C21H23N3O6. The van der Waals surface area contributed by atoms with Crippen LogP contribution in [0.15, 0.2) is 54.6 Å². The second-order valence-electron chi connectivity index (χ2n) is 6.65. The van der Waals surface area contributed by atoms with E-state index in [1.54, 1.807) is 0 Å². The van der Waals surface area contributed by atoms with Gasteiger partial charge in [-0.25, -0.2) is 4.79 Å². The highest BCUT2D eigenvalue weighted by atomic mass is 16.6. The summed E-state index contributed by atoms with van der Waals surface area (Å²) in [6, 6.07) is 12.9. The molecule has 158 valence electrons. The normalized spacial score (nSPS) is 12.3. The molecule has 0 unspecified atom stereocenters. The zero-order chi connectivity index (χ0) is 22.1. The van der Waals surface area contributed by atoms with Gasteiger partial charge >= 0.3 is 5.97 Å². The second-order valence-corrected chi connectivity index (χ2v) is 6.65. The van der Waals surface area contributed by atoms with Crippen LogP contribution < -0.4 is 10.6 Å². The van der Waals surface area contributed by atoms with Gasteiger partial charge < -0.3 is 15.4 Å². The smallest absolute Gasteiger partial charge is 0.328 e. The lowest BCUT2D eigenvalue weighted by Gasteiger charge is -2.22. The number of ether oxygens (including phenoxy) is 1. The number of benzene rings is 2. The highest BCUT2D eigenvalue weighted by molar-refractivity contribution is 5.90. The van der Waals surface area contributed by atoms with Crippen molar-refractivity contribution >= 4 is 23.5 Å². The lowest BCUT2D eigenvalue weighted by molar-refractivity contribution is -0.384. The van der Waals surface area contributed by atoms with Crippen molar-refractivity contribution in [2.24, 2.45) is 0 Å². The van der Waals surface area contributed by atoms with E-state index in [1.165, 1.54) is 38.3 Å². The van der Waals surface area contributed by atoms with E-state index in [0.717, 1.165) is 5.56 Å². The molecule has 0 heterocycles. The number of hydrogen-bond acceptors (Lipinski definition) is 6. The number of nitro benzene ring substituents is 1. The zero-order valence-corrected chi connectivity index (χ0v) is 16.7. The fourth-order valence-electron chi connectivity index (χ4n) is 2.90. The summed E-state index contributed by atoms with van der Waals surface area (Å²) in [5, 5.41) is 16.0. The van der Waals surface area contributed by atoms with Gasteiger partial charge in [-0.1, -0.05) is 42.5 Å². The zero-order valence-electron chi connectivity index (χ0n) is 16.7. The van der Waals surface area contributed by atoms with Crippen molar-refractivity contribution in [2.45, 2.75) is 31.8 Å². The summed E-state index contributed by atoms with van der Waals surface area (Å²) in [6.45, 7) is 1.31. The Kier molecular flexibility index (Phi) is 8.04. The van der Waals surface area contributed by atoms with Gasteiger partial charge in [-0.05, 0) is 11.1 Å². The maximum atomic E-state index is 12.8. The molecule has 30 heavy (non-hydrogen) atoms. The number of nitro groups is 1. The average molecular weight is 413 g/mol. The molecule has 0 aliphatic carbocycles. The summed E-state index contributed by atoms with van der Waals surface area (Å²) in [5.41, 5.74) is 1.37. The van der Waals surface area contributed by atoms with Gasteiger partial charge in [0.25, 0.3) is 5.69 Å². The molecule has 0 saturated heterocycles. The Hall–Kier alpha value is -3.75. The lowest BCUT2D eigenvalue weighted by Crippen LogP contribution is -2.53. The fourth-order valence-corrected chi connectivity index (χ4v) is 2.90. The summed E-state index contributed by atoms with van der Waals surface area (Å²) >= 11 is 0. The molecule has 0 spiro atoms. The summed E-state index contributed by atoms with van der Waals surface area (Å²) in [6.07, 6.45) is 0.326. The quantitative estimate of drug-likeness (QED) is 0.365. The second kappa shape index (κ2) is 10.7. The molecule has 0 bridgehead atoms. The van der Waals surface area contributed by atoms with E-state index in [-0.39, 0.29) is 24.4 Å². The van der Waals surface area contributed by atoms with E-state index >= 15 is 0 Å². The molecule has 2 aromatic carbocycles. The molecule has 0 radical (unpaired) electrons. The molecule has 0 aliphatic heterocycles. The fraction of sp³-hybridized carbons (Fsp3) is 0.286. The van der Waals surface area contributed by atoms with Gasteiger partial charge in [0, 0.05) is 31.9 Å². The lowest BCUT2D eigenvalue weighted by atomic mass is 10.0. The van der Waals surface area contributed by atoms with Crippen LogP contribution in [0.3, 0.4) is 0 Å². The Morgan fingerprint density at radius 3 is 2.03 bits per heavy atom. The summed E-state index contributed by atoms with van der Waals surface area (Å²) in [4.78, 5) is 46.9. The first kappa shape index (κ1) is 22.5. The monoisotopic (exact) mass is 413 g/mol. The van der Waals surface area contributed by atoms with E-state index in [9.17, 15) is 24.5 Å². The number of methoxy groups -OCH3 is 1. The van der Waals surface area contributed by atoms with Gasteiger partial charge in [-0.2, -0.15) is 0 Å². The third kappa shape index (κ3) is 6.69. The molecule has 2 rings (SSSR count). The number of amides is 2. The first-order chi connectivity index (χ1) is 14.3. The average Bonchev–Trinajstić information content (AvgIpc) is 2.73. The van der Waals surface area contributed by atoms with E-state index in [2.05, 4.69) is 10.6 Å². The SMILES string of the molecule is COC(=O)[C@H](Cc1ccc([N+](=O)[O-])cc1)NC(=O)[C@H](Cc1ccccc1)NC(C)=O. The van der Waals surface area contributed by atoms with Crippen LogP contribution in [0.25, 0.3) is 0 Å². The minimum absolute atomic E-state index is 0.0778. The molecule has 0 aliphatic rings. The Bertz CT molecular complexity index is 899. The predicted molar refractivity (Wildman–Crippen MR) is 108 cm³/mol. The summed E-state index contributed by atoms with van der Waals surface area (Å²) in [5.74, 6) is -1.58. The number of nitrogens with one attached hydrogen (secondary N) is 2. The van der Waals surface area contributed by atoms with Crippen molar-refractivity contribution in [3.63, 3.8) is 0 Å². The number of carbonyl (C=O) groups is 3. The van der Waals surface area contributed by atoms with E-state index in [1.807, 2.05) is 30.3 Å². The van der Waals surface area contributed by atoms with Crippen molar-refractivity contribution in [3.8, 4) is 0 Å². The minimum Gasteiger partial charge on any atom is -0.467 e. The topological polar surface area (TPSA) is 128 Å². The summed E-state index contributed by atoms with van der Waals surface area (Å²) < 4.78 is 4.78. The largest absolute Gasteiger partial charge is 0.467 e. The van der Waals surface area contributed by atoms with E-state index < -0.39 is 28.9 Å². The molecular weight excluding hydrogens is 390 g/mol. The molecule has 0 aromatic heterocycles. The Morgan fingerprint density at radius 2 is 1.50 bits per heavy atom. The molecule has 2 atom stereocenters. The number of rotatable bonds is 9. The van der Waals surface area contributed by atoms with Gasteiger partial charge in [0.05, 0.1) is 12.0 Å². The van der Waals surface area contributed by atoms with Gasteiger partial charge in [0.2, 0.25) is 11.8 Å². The molecule has 9 heteroatoms. The minimum atomic E-state index is -1.02. The standard InChI is InChI=1S/C21H23N3O6/c1-14(25)22-18(12-15-6-4-3-5-7-15)20(26)23-19(21(27)30-2)13-16-8-10-17(11-9-16)24(28)29/h3-11,18-19H,12-13H2,1-2H3,(H,22,25)(H,23,26)/t18-,19-/m0/s1. The van der Waals surface area contributed by atoms with Crippen molar-refractivity contribution in [3.05, 3.63) is 75.8 Å². The van der Waals surface area contributed by atoms with Crippen molar-refractivity contribution in [1.82, 2.24) is 10.6 Å². The highest BCUT2D eigenvalue weighted by Gasteiger charge is 2.27. The van der Waals surface area contributed by atoms with E-state index in [4.69, 9.17) is 4.74 Å². The van der Waals surface area contributed by atoms with Gasteiger partial charge in [0.15, 0.2) is 0 Å². The predicted octanol–water partition coefficient (Wildman–Crippen LogP) is 1.54. The van der Waals surface area contributed by atoms with Gasteiger partial charge in [-0.15, -0.1) is 0 Å². The van der Waals surface area contributed by atoms with Crippen LogP contribution in [0.1, 0.15) is 18.1 Å². The number of carbonyl (C=O) groups excluding carboxylic acids is 3. The summed E-state index contributed by atoms with van der Waals surface area (Å²) in [7, 11) is 1.20. The maximum absolute atomic E-state index is 12.8. The Labute approximate surface area is 173 Å². The molecule has 2 N–H and O–H groups in total. The van der Waals surface area contributed by atoms with Crippen LogP contribution >= 0.6 is 0 Å². The molecule has 2 amide bonds. The van der Waals surface area contributed by atoms with Crippen LogP contribution in [0.2, 0.25) is 0 Å².